The smallest absolute Gasteiger partial charge is 0.129 e. The second-order valence-corrected chi connectivity index (χ2v) is 6.77. The van der Waals surface area contributed by atoms with E-state index in [0.717, 1.165) is 19.3 Å². The lowest BCUT2D eigenvalue weighted by Crippen LogP contribution is -1.85. The zero-order chi connectivity index (χ0) is 10.8. The topological polar surface area (TPSA) is 9.23 Å². The molecule has 0 bridgehead atoms. The van der Waals surface area contributed by atoms with Gasteiger partial charge in [-0.1, -0.05) is 0 Å². The molecule has 0 N–H and O–H groups in total. The van der Waals surface area contributed by atoms with E-state index in [0.29, 0.717) is 0 Å². The fraction of sp³-hybridized carbons (Fsp3) is 0.200. The Morgan fingerprint density at radius 3 is 2.73 bits per heavy atom. The molecule has 0 aliphatic heterocycles. The van der Waals surface area contributed by atoms with Gasteiger partial charge in [0.15, 0.2) is 0 Å². The minimum absolute atomic E-state index is 0.0739. The molecule has 15 heavy (non-hydrogen) atoms. The first-order valence-corrected chi connectivity index (χ1v) is 7.15. The summed E-state index contributed by atoms with van der Waals surface area (Å²) in [6.07, 6.45) is 0. The molecule has 0 amide bonds. The fourth-order valence-electron chi connectivity index (χ4n) is 1.18. The number of thiophene rings is 2. The minimum Gasteiger partial charge on any atom is -0.496 e. The van der Waals surface area contributed by atoms with E-state index in [-0.39, 0.29) is 5.38 Å². The Morgan fingerprint density at radius 1 is 1.40 bits per heavy atom. The Morgan fingerprint density at radius 2 is 2.20 bits per heavy atom. The number of methoxy groups -OCH3 is 1. The largest absolute Gasteiger partial charge is 0.496 e. The van der Waals surface area contributed by atoms with Gasteiger partial charge in [-0.15, -0.1) is 34.3 Å². The summed E-state index contributed by atoms with van der Waals surface area (Å²) >= 11 is 13.1. The van der Waals surface area contributed by atoms with Crippen LogP contribution in [0.15, 0.2) is 27.4 Å². The highest BCUT2D eigenvalue weighted by molar-refractivity contribution is 9.11. The number of halogens is 2. The number of ether oxygens (including phenoxy) is 1. The Labute approximate surface area is 110 Å². The SMILES string of the molecule is COc1csc(C(Cl)c2ccc(Br)s2)c1. The van der Waals surface area contributed by atoms with Gasteiger partial charge in [0.25, 0.3) is 0 Å². The van der Waals surface area contributed by atoms with Gasteiger partial charge in [0, 0.05) is 15.1 Å². The van der Waals surface area contributed by atoms with Crippen molar-refractivity contribution in [1.82, 2.24) is 0 Å². The number of alkyl halides is 1. The molecule has 0 saturated heterocycles. The summed E-state index contributed by atoms with van der Waals surface area (Å²) in [4.78, 5) is 2.26. The molecular weight excluding hydrogens is 316 g/mol. The van der Waals surface area contributed by atoms with Crippen LogP contribution >= 0.6 is 50.2 Å². The Kier molecular flexibility index (Phi) is 3.72. The van der Waals surface area contributed by atoms with Crippen LogP contribution in [0.2, 0.25) is 0 Å². The maximum atomic E-state index is 6.36. The highest BCUT2D eigenvalue weighted by atomic mass is 79.9. The molecule has 1 nitrogen and oxygen atoms in total. The molecule has 0 aliphatic carbocycles. The number of hydrogen-bond acceptors (Lipinski definition) is 3. The molecule has 1 atom stereocenters. The van der Waals surface area contributed by atoms with Crippen molar-refractivity contribution in [1.29, 1.82) is 0 Å². The van der Waals surface area contributed by atoms with E-state index in [2.05, 4.69) is 15.9 Å². The molecular formula is C10H8BrClOS2. The monoisotopic (exact) mass is 322 g/mol. The van der Waals surface area contributed by atoms with Crippen molar-refractivity contribution < 1.29 is 4.74 Å². The van der Waals surface area contributed by atoms with Crippen LogP contribution in [0.3, 0.4) is 0 Å². The van der Waals surface area contributed by atoms with Crippen LogP contribution in [0, 0.1) is 0 Å². The molecule has 2 rings (SSSR count). The van der Waals surface area contributed by atoms with Crippen LogP contribution in [0.1, 0.15) is 15.1 Å². The van der Waals surface area contributed by atoms with Crippen LogP contribution in [-0.2, 0) is 0 Å². The van der Waals surface area contributed by atoms with Crippen LogP contribution in [0.5, 0.6) is 5.75 Å². The first kappa shape index (κ1) is 11.5. The lowest BCUT2D eigenvalue weighted by Gasteiger charge is -2.02. The maximum absolute atomic E-state index is 6.36. The van der Waals surface area contributed by atoms with Gasteiger partial charge in [0.1, 0.15) is 11.1 Å². The van der Waals surface area contributed by atoms with Crippen LogP contribution in [0.4, 0.5) is 0 Å². The van der Waals surface area contributed by atoms with Gasteiger partial charge < -0.3 is 4.74 Å². The molecule has 0 spiro atoms. The van der Waals surface area contributed by atoms with E-state index in [9.17, 15) is 0 Å². The molecule has 0 fully saturated rings. The van der Waals surface area contributed by atoms with Crippen molar-refractivity contribution in [2.75, 3.05) is 7.11 Å². The van der Waals surface area contributed by atoms with Crippen LogP contribution < -0.4 is 4.74 Å². The molecule has 5 heteroatoms. The molecule has 2 aromatic heterocycles. The van der Waals surface area contributed by atoms with E-state index < -0.39 is 0 Å². The fourth-order valence-corrected chi connectivity index (χ4v) is 3.95. The summed E-state index contributed by atoms with van der Waals surface area (Å²) in [6, 6.07) is 6.04. The highest BCUT2D eigenvalue weighted by Gasteiger charge is 2.15. The highest BCUT2D eigenvalue weighted by Crippen LogP contribution is 2.39. The minimum atomic E-state index is -0.0739. The Hall–Kier alpha value is -0.0300. The second-order valence-electron chi connectivity index (χ2n) is 2.89. The summed E-state index contributed by atoms with van der Waals surface area (Å²) in [5, 5.41) is 1.89. The summed E-state index contributed by atoms with van der Waals surface area (Å²) in [5.74, 6) is 0.872. The average molecular weight is 324 g/mol. The van der Waals surface area contributed by atoms with Crippen molar-refractivity contribution in [2.45, 2.75) is 5.38 Å². The second kappa shape index (κ2) is 4.87. The molecule has 2 heterocycles. The third-order valence-corrected chi connectivity index (χ3v) is 5.32. The van der Waals surface area contributed by atoms with Gasteiger partial charge >= 0.3 is 0 Å². The van der Waals surface area contributed by atoms with E-state index >= 15 is 0 Å². The van der Waals surface area contributed by atoms with E-state index in [1.807, 2.05) is 23.6 Å². The van der Waals surface area contributed by atoms with Gasteiger partial charge in [-0.05, 0) is 34.1 Å². The van der Waals surface area contributed by atoms with Gasteiger partial charge in [0.05, 0.1) is 10.9 Å². The van der Waals surface area contributed by atoms with Gasteiger partial charge in [-0.3, -0.25) is 0 Å². The van der Waals surface area contributed by atoms with E-state index in [1.54, 1.807) is 29.8 Å². The van der Waals surface area contributed by atoms with Crippen molar-refractivity contribution in [3.63, 3.8) is 0 Å². The summed E-state index contributed by atoms with van der Waals surface area (Å²) in [5.41, 5.74) is 0. The molecule has 0 aromatic carbocycles. The van der Waals surface area contributed by atoms with Crippen molar-refractivity contribution in [2.24, 2.45) is 0 Å². The normalized spacial score (nSPS) is 12.7. The summed E-state index contributed by atoms with van der Waals surface area (Å²) in [7, 11) is 1.66. The van der Waals surface area contributed by atoms with Crippen molar-refractivity contribution >= 4 is 50.2 Å². The lowest BCUT2D eigenvalue weighted by molar-refractivity contribution is 0.416. The molecule has 0 radical (unpaired) electrons. The average Bonchev–Trinajstić information content (AvgIpc) is 2.84. The molecule has 0 saturated carbocycles. The third-order valence-electron chi connectivity index (χ3n) is 1.92. The Bertz CT molecular complexity index is 452. The van der Waals surface area contributed by atoms with E-state index in [4.69, 9.17) is 16.3 Å². The Balaban J connectivity index is 2.23. The number of hydrogen-bond donors (Lipinski definition) is 0. The van der Waals surface area contributed by atoms with Gasteiger partial charge in [0.2, 0.25) is 0 Å². The molecule has 0 aliphatic rings. The summed E-state index contributed by atoms with van der Waals surface area (Å²) in [6.45, 7) is 0. The van der Waals surface area contributed by atoms with Gasteiger partial charge in [-0.25, -0.2) is 0 Å². The zero-order valence-corrected chi connectivity index (χ0v) is 11.8. The molecule has 1 unspecified atom stereocenters. The quantitative estimate of drug-likeness (QED) is 0.729. The van der Waals surface area contributed by atoms with Crippen LogP contribution in [0.25, 0.3) is 0 Å². The zero-order valence-electron chi connectivity index (χ0n) is 7.87. The number of rotatable bonds is 3. The van der Waals surface area contributed by atoms with E-state index in [1.165, 1.54) is 0 Å². The van der Waals surface area contributed by atoms with Crippen LogP contribution in [-0.4, -0.2) is 7.11 Å². The first-order chi connectivity index (χ1) is 7.20. The van der Waals surface area contributed by atoms with Gasteiger partial charge in [-0.2, -0.15) is 0 Å². The predicted octanol–water partition coefficient (Wildman–Crippen LogP) is 4.91. The predicted molar refractivity (Wildman–Crippen MR) is 70.6 cm³/mol. The first-order valence-electron chi connectivity index (χ1n) is 4.22. The standard InChI is InChI=1S/C10H8BrClOS2/c1-13-6-4-8(14-5-6)10(12)7-2-3-9(11)15-7/h2-5,10H,1H3. The maximum Gasteiger partial charge on any atom is 0.129 e. The third kappa shape index (κ3) is 2.56. The summed E-state index contributed by atoms with van der Waals surface area (Å²) < 4.78 is 6.24. The molecule has 80 valence electrons. The molecule has 2 aromatic rings. The van der Waals surface area contributed by atoms with Crippen molar-refractivity contribution in [3.8, 4) is 5.75 Å². The van der Waals surface area contributed by atoms with Crippen molar-refractivity contribution in [3.05, 3.63) is 37.1 Å². The lowest BCUT2D eigenvalue weighted by atomic mass is 10.3.